The first-order valence-electron chi connectivity index (χ1n) is 7.50. The third kappa shape index (κ3) is 3.97. The van der Waals surface area contributed by atoms with Crippen molar-refractivity contribution in [3.05, 3.63) is 106 Å². The summed E-state index contributed by atoms with van der Waals surface area (Å²) in [5, 5.41) is 3.93. The maximum atomic E-state index is 12.7. The van der Waals surface area contributed by atoms with E-state index in [0.29, 0.717) is 15.6 Å². The molecule has 0 bridgehead atoms. The molecule has 1 amide bonds. The van der Waals surface area contributed by atoms with E-state index in [9.17, 15) is 4.79 Å². The Morgan fingerprint density at radius 3 is 1.67 bits per heavy atom. The Balaban J connectivity index is 1.93. The zero-order valence-electron chi connectivity index (χ0n) is 12.7. The van der Waals surface area contributed by atoms with Gasteiger partial charge < -0.3 is 5.32 Å². The quantitative estimate of drug-likeness (QED) is 0.656. The molecule has 0 atom stereocenters. The summed E-state index contributed by atoms with van der Waals surface area (Å²) >= 11 is 12.0. The number of halogens is 2. The number of nitrogens with one attached hydrogen (secondary N) is 1. The van der Waals surface area contributed by atoms with Crippen molar-refractivity contribution in [3.8, 4) is 0 Å². The fourth-order valence-corrected chi connectivity index (χ4v) is 3.08. The minimum Gasteiger partial charge on any atom is -0.341 e. The number of benzene rings is 3. The molecular weight excluding hydrogens is 341 g/mol. The van der Waals surface area contributed by atoms with Crippen LogP contribution in [0.25, 0.3) is 0 Å². The molecule has 120 valence electrons. The second kappa shape index (κ2) is 7.52. The topological polar surface area (TPSA) is 29.1 Å². The summed E-state index contributed by atoms with van der Waals surface area (Å²) in [6, 6.07) is 24.2. The molecule has 0 aliphatic rings. The first-order chi connectivity index (χ1) is 11.6. The van der Waals surface area contributed by atoms with Gasteiger partial charge in [0.05, 0.1) is 6.04 Å². The monoisotopic (exact) mass is 355 g/mol. The lowest BCUT2D eigenvalue weighted by Gasteiger charge is -2.20. The molecule has 0 saturated heterocycles. The van der Waals surface area contributed by atoms with Gasteiger partial charge in [-0.15, -0.1) is 0 Å². The molecule has 0 radical (unpaired) electrons. The van der Waals surface area contributed by atoms with E-state index in [1.54, 1.807) is 18.2 Å². The van der Waals surface area contributed by atoms with Gasteiger partial charge in [-0.25, -0.2) is 0 Å². The Morgan fingerprint density at radius 2 is 1.21 bits per heavy atom. The summed E-state index contributed by atoms with van der Waals surface area (Å²) in [7, 11) is 0. The Bertz CT molecular complexity index is 775. The molecule has 0 aliphatic heterocycles. The van der Waals surface area contributed by atoms with Gasteiger partial charge in [-0.05, 0) is 29.3 Å². The fraction of sp³-hybridized carbons (Fsp3) is 0.0500. The number of amides is 1. The van der Waals surface area contributed by atoms with Gasteiger partial charge in [0.25, 0.3) is 5.91 Å². The maximum Gasteiger partial charge on any atom is 0.252 e. The van der Waals surface area contributed by atoms with Gasteiger partial charge in [0, 0.05) is 15.6 Å². The van der Waals surface area contributed by atoms with Crippen LogP contribution in [-0.4, -0.2) is 5.91 Å². The smallest absolute Gasteiger partial charge is 0.252 e. The average molecular weight is 356 g/mol. The number of hydrogen-bond acceptors (Lipinski definition) is 1. The SMILES string of the molecule is O=C(NC(c1ccccc1)c1ccccc1)c1cc(Cl)cc(Cl)c1. The average Bonchev–Trinajstić information content (AvgIpc) is 2.60. The molecule has 4 heteroatoms. The zero-order chi connectivity index (χ0) is 16.9. The normalized spacial score (nSPS) is 10.6. The Hall–Kier alpha value is -2.29. The maximum absolute atomic E-state index is 12.7. The summed E-state index contributed by atoms with van der Waals surface area (Å²) in [6.45, 7) is 0. The van der Waals surface area contributed by atoms with Crippen LogP contribution in [0, 0.1) is 0 Å². The van der Waals surface area contributed by atoms with Gasteiger partial charge in [0.1, 0.15) is 0 Å². The van der Waals surface area contributed by atoms with Gasteiger partial charge >= 0.3 is 0 Å². The zero-order valence-corrected chi connectivity index (χ0v) is 14.3. The second-order valence-electron chi connectivity index (χ2n) is 5.39. The predicted octanol–water partition coefficient (Wildman–Crippen LogP) is 5.51. The van der Waals surface area contributed by atoms with E-state index < -0.39 is 0 Å². The minimum absolute atomic E-state index is 0.225. The van der Waals surface area contributed by atoms with E-state index in [2.05, 4.69) is 5.32 Å². The van der Waals surface area contributed by atoms with Crippen molar-refractivity contribution in [2.45, 2.75) is 6.04 Å². The molecule has 3 aromatic rings. The van der Waals surface area contributed by atoms with Crippen molar-refractivity contribution in [2.24, 2.45) is 0 Å². The summed E-state index contributed by atoms with van der Waals surface area (Å²) in [5.41, 5.74) is 2.44. The van der Waals surface area contributed by atoms with Crippen molar-refractivity contribution in [3.63, 3.8) is 0 Å². The van der Waals surface area contributed by atoms with Crippen LogP contribution in [0.2, 0.25) is 10.0 Å². The van der Waals surface area contributed by atoms with Crippen molar-refractivity contribution < 1.29 is 4.79 Å². The van der Waals surface area contributed by atoms with Gasteiger partial charge in [-0.2, -0.15) is 0 Å². The first kappa shape index (κ1) is 16.6. The van der Waals surface area contributed by atoms with E-state index in [1.165, 1.54) is 0 Å². The van der Waals surface area contributed by atoms with E-state index in [0.717, 1.165) is 11.1 Å². The third-order valence-corrected chi connectivity index (χ3v) is 4.10. The summed E-state index contributed by atoms with van der Waals surface area (Å²) in [6.07, 6.45) is 0. The van der Waals surface area contributed by atoms with Crippen molar-refractivity contribution in [2.75, 3.05) is 0 Å². The molecule has 0 fully saturated rings. The molecule has 0 unspecified atom stereocenters. The highest BCUT2D eigenvalue weighted by molar-refractivity contribution is 6.35. The lowest BCUT2D eigenvalue weighted by molar-refractivity contribution is 0.0943. The number of rotatable bonds is 4. The number of carbonyl (C=O) groups is 1. The second-order valence-corrected chi connectivity index (χ2v) is 6.26. The highest BCUT2D eigenvalue weighted by Crippen LogP contribution is 2.24. The molecule has 1 N–H and O–H groups in total. The molecule has 0 aliphatic carbocycles. The molecule has 2 nitrogen and oxygen atoms in total. The first-order valence-corrected chi connectivity index (χ1v) is 8.26. The van der Waals surface area contributed by atoms with E-state index >= 15 is 0 Å². The molecule has 0 heterocycles. The Labute approximate surface area is 151 Å². The molecule has 0 spiro atoms. The van der Waals surface area contributed by atoms with E-state index in [-0.39, 0.29) is 11.9 Å². The van der Waals surface area contributed by atoms with Crippen LogP contribution >= 0.6 is 23.2 Å². The summed E-state index contributed by atoms with van der Waals surface area (Å²) < 4.78 is 0. The predicted molar refractivity (Wildman–Crippen MR) is 98.7 cm³/mol. The summed E-state index contributed by atoms with van der Waals surface area (Å²) in [5.74, 6) is -0.225. The standard InChI is InChI=1S/C20H15Cl2NO/c21-17-11-16(12-18(22)13-17)20(24)23-19(14-7-3-1-4-8-14)15-9-5-2-6-10-15/h1-13,19H,(H,23,24). The highest BCUT2D eigenvalue weighted by Gasteiger charge is 2.18. The largest absolute Gasteiger partial charge is 0.341 e. The lowest BCUT2D eigenvalue weighted by atomic mass is 9.98. The lowest BCUT2D eigenvalue weighted by Crippen LogP contribution is -2.29. The van der Waals surface area contributed by atoms with Gasteiger partial charge in [0.15, 0.2) is 0 Å². The molecular formula is C20H15Cl2NO. The van der Waals surface area contributed by atoms with Crippen LogP contribution in [-0.2, 0) is 0 Å². The summed E-state index contributed by atoms with van der Waals surface area (Å²) in [4.78, 5) is 12.7. The van der Waals surface area contributed by atoms with Crippen LogP contribution in [0.15, 0.2) is 78.9 Å². The van der Waals surface area contributed by atoms with Gasteiger partial charge in [-0.3, -0.25) is 4.79 Å². The third-order valence-electron chi connectivity index (χ3n) is 3.67. The molecule has 0 saturated carbocycles. The molecule has 3 rings (SSSR count). The van der Waals surface area contributed by atoms with Crippen LogP contribution < -0.4 is 5.32 Å². The van der Waals surface area contributed by atoms with Crippen LogP contribution in [0.3, 0.4) is 0 Å². The number of hydrogen-bond donors (Lipinski definition) is 1. The Morgan fingerprint density at radius 1 is 0.750 bits per heavy atom. The molecule has 0 aromatic heterocycles. The van der Waals surface area contributed by atoms with Gasteiger partial charge in [0.2, 0.25) is 0 Å². The molecule has 3 aromatic carbocycles. The highest BCUT2D eigenvalue weighted by atomic mass is 35.5. The van der Waals surface area contributed by atoms with Crippen molar-refractivity contribution in [1.82, 2.24) is 5.32 Å². The fourth-order valence-electron chi connectivity index (χ4n) is 2.55. The van der Waals surface area contributed by atoms with Crippen LogP contribution in [0.5, 0.6) is 0 Å². The van der Waals surface area contributed by atoms with E-state index in [4.69, 9.17) is 23.2 Å². The number of carbonyl (C=O) groups excluding carboxylic acids is 1. The van der Waals surface area contributed by atoms with Crippen molar-refractivity contribution >= 4 is 29.1 Å². The van der Waals surface area contributed by atoms with Crippen LogP contribution in [0.1, 0.15) is 27.5 Å². The van der Waals surface area contributed by atoms with Crippen molar-refractivity contribution in [1.29, 1.82) is 0 Å². The van der Waals surface area contributed by atoms with E-state index in [1.807, 2.05) is 60.7 Å². The van der Waals surface area contributed by atoms with Crippen LogP contribution in [0.4, 0.5) is 0 Å². The minimum atomic E-state index is -0.252. The molecule has 24 heavy (non-hydrogen) atoms. The Kier molecular flexibility index (Phi) is 5.19. The van der Waals surface area contributed by atoms with Gasteiger partial charge in [-0.1, -0.05) is 83.9 Å².